The summed E-state index contributed by atoms with van der Waals surface area (Å²) >= 11 is 0. The van der Waals surface area contributed by atoms with Gasteiger partial charge >= 0.3 is 14.5 Å². The molecule has 0 amide bonds. The summed E-state index contributed by atoms with van der Waals surface area (Å²) in [6, 6.07) is 0. The first-order valence-corrected chi connectivity index (χ1v) is 12.8. The summed E-state index contributed by atoms with van der Waals surface area (Å²) < 4.78 is 78.0. The van der Waals surface area contributed by atoms with Crippen LogP contribution in [0.2, 0.25) is 0 Å². The summed E-state index contributed by atoms with van der Waals surface area (Å²) in [5.41, 5.74) is 4.48. The summed E-state index contributed by atoms with van der Waals surface area (Å²) in [6.45, 7) is 10.2. The maximum atomic E-state index is 9.75. The Kier molecular flexibility index (Phi) is 11.6. The van der Waals surface area contributed by atoms with E-state index in [9.17, 15) is 34.5 Å². The molecule has 2 heterocycles. The van der Waals surface area contributed by atoms with Gasteiger partial charge in [0, 0.05) is 15.8 Å². The highest BCUT2D eigenvalue weighted by Crippen LogP contribution is 2.60. The average molecular weight is 434 g/mol. The van der Waals surface area contributed by atoms with Crippen LogP contribution in [0.4, 0.5) is 34.5 Å². The summed E-state index contributed by atoms with van der Waals surface area (Å²) in [7, 11) is -12.0. The van der Waals surface area contributed by atoms with Gasteiger partial charge in [0.05, 0.1) is 35.0 Å². The molecule has 12 heteroatoms. The molecule has 2 fully saturated rings. The summed E-state index contributed by atoms with van der Waals surface area (Å²) in [6.07, 6.45) is 9.50. The van der Waals surface area contributed by atoms with Crippen molar-refractivity contribution in [1.29, 1.82) is 0 Å². The maximum Gasteiger partial charge on any atom is 0.673 e. The lowest BCUT2D eigenvalue weighted by molar-refractivity contribution is 0.366. The predicted molar refractivity (Wildman–Crippen MR) is 103 cm³/mol. The van der Waals surface area contributed by atoms with Crippen LogP contribution < -0.4 is 0 Å². The molecule has 0 aliphatic carbocycles. The lowest BCUT2D eigenvalue weighted by Gasteiger charge is -2.17. The molecule has 0 aromatic carbocycles. The van der Waals surface area contributed by atoms with Crippen LogP contribution in [0.15, 0.2) is 0 Å². The van der Waals surface area contributed by atoms with Crippen molar-refractivity contribution in [3.05, 3.63) is 0 Å². The van der Waals surface area contributed by atoms with Crippen LogP contribution in [0, 0.1) is 0 Å². The van der Waals surface area contributed by atoms with Crippen molar-refractivity contribution in [3.63, 3.8) is 0 Å². The van der Waals surface area contributed by atoms with E-state index in [1.807, 2.05) is 0 Å². The maximum absolute atomic E-state index is 9.75. The molecule has 2 aliphatic rings. The van der Waals surface area contributed by atoms with Gasteiger partial charge in [-0.25, -0.2) is 0 Å². The Balaban J connectivity index is 0.000000520. The van der Waals surface area contributed by atoms with Crippen molar-refractivity contribution < 1.29 is 34.5 Å². The Labute approximate surface area is 154 Å². The fraction of sp³-hybridized carbons (Fsp3) is 1.00. The molecule has 4 atom stereocenters. The fourth-order valence-corrected chi connectivity index (χ4v) is 12.4. The zero-order valence-corrected chi connectivity index (χ0v) is 17.7. The third kappa shape index (κ3) is 13.6. The lowest BCUT2D eigenvalue weighted by Crippen LogP contribution is -2.08. The van der Waals surface area contributed by atoms with Gasteiger partial charge in [0.2, 0.25) is 0 Å². The molecule has 0 aromatic rings. The highest BCUT2D eigenvalue weighted by Gasteiger charge is 2.42. The van der Waals surface area contributed by atoms with E-state index >= 15 is 0 Å². The van der Waals surface area contributed by atoms with Crippen LogP contribution in [-0.2, 0) is 0 Å². The Hall–Kier alpha value is 0.430. The van der Waals surface area contributed by atoms with Gasteiger partial charge in [-0.2, -0.15) is 0 Å². The number of rotatable bonds is 3. The molecule has 2 rings (SSSR count). The minimum Gasteiger partial charge on any atom is -0.418 e. The van der Waals surface area contributed by atoms with Crippen molar-refractivity contribution in [1.82, 2.24) is 0 Å². The van der Waals surface area contributed by atoms with Crippen molar-refractivity contribution >= 4 is 30.4 Å². The monoisotopic (exact) mass is 434 g/mol. The first-order chi connectivity index (χ1) is 11.6. The fourth-order valence-electron chi connectivity index (χ4n) is 3.99. The molecule has 2 saturated heterocycles. The molecule has 0 spiro atoms. The van der Waals surface area contributed by atoms with Gasteiger partial charge in [0.25, 0.3) is 0 Å². The Bertz CT molecular complexity index is 326. The second-order valence-electron chi connectivity index (χ2n) is 7.40. The molecule has 0 aromatic heterocycles. The standard InChI is InChI=1S/C14H28P2.2BF4/c1-11-5-6-12(2)15(11)9-10-16-13(3)7-8-14(16)4;2*2-1(3,4)5/h11-14H,5-10H2,1-4H3;;/q;2*-1/p+2/t11-,12-,13-,14-;;/m1../s1. The van der Waals surface area contributed by atoms with Gasteiger partial charge < -0.3 is 34.5 Å². The minimum absolute atomic E-state index is 0.0245. The van der Waals surface area contributed by atoms with Crippen LogP contribution >= 0.6 is 15.8 Å². The van der Waals surface area contributed by atoms with Crippen molar-refractivity contribution in [2.75, 3.05) is 12.3 Å². The summed E-state index contributed by atoms with van der Waals surface area (Å²) in [4.78, 5) is 0. The van der Waals surface area contributed by atoms with Crippen LogP contribution in [0.25, 0.3) is 0 Å². The van der Waals surface area contributed by atoms with Gasteiger partial charge in [0.15, 0.2) is 0 Å². The van der Waals surface area contributed by atoms with Gasteiger partial charge in [-0.05, 0) is 53.4 Å². The van der Waals surface area contributed by atoms with Gasteiger partial charge in [-0.15, -0.1) is 0 Å². The van der Waals surface area contributed by atoms with E-state index in [2.05, 4.69) is 27.7 Å². The predicted octanol–water partition coefficient (Wildman–Crippen LogP) is 7.16. The molecule has 0 radical (unpaired) electrons. The molecular weight excluding hydrogens is 404 g/mol. The van der Waals surface area contributed by atoms with E-state index in [0.29, 0.717) is 0 Å². The van der Waals surface area contributed by atoms with Crippen LogP contribution in [0.5, 0.6) is 0 Å². The van der Waals surface area contributed by atoms with Gasteiger partial charge in [0.1, 0.15) is 0 Å². The SMILES string of the molecule is C[C@@H]1CC[C@@H](C)[PH+]1CC[PH+]1[C@H](C)CC[C@H]1C.F[B-](F)(F)F.F[B-](F)(F)F. The average Bonchev–Trinajstić information content (AvgIpc) is 2.88. The summed E-state index contributed by atoms with van der Waals surface area (Å²) in [5.74, 6) is 0. The van der Waals surface area contributed by atoms with E-state index in [0.717, 1.165) is 22.6 Å². The highest BCUT2D eigenvalue weighted by atomic mass is 31.1. The Morgan fingerprint density at radius 3 is 0.846 bits per heavy atom. The van der Waals surface area contributed by atoms with Gasteiger partial charge in [-0.1, -0.05) is 0 Å². The number of hydrogen-bond acceptors (Lipinski definition) is 0. The Morgan fingerprint density at radius 2 is 0.692 bits per heavy atom. The highest BCUT2D eigenvalue weighted by molar-refractivity contribution is 7.63. The smallest absolute Gasteiger partial charge is 0.418 e. The molecule has 158 valence electrons. The van der Waals surface area contributed by atoms with E-state index in [1.165, 1.54) is 0 Å². The molecular formula is C14H30B2F8P2. The first-order valence-electron chi connectivity index (χ1n) is 9.05. The van der Waals surface area contributed by atoms with E-state index in [-0.39, 0.29) is 15.8 Å². The summed E-state index contributed by atoms with van der Waals surface area (Å²) in [5, 5.41) is 0. The topological polar surface area (TPSA) is 0 Å². The third-order valence-electron chi connectivity index (χ3n) is 5.30. The molecule has 0 N–H and O–H groups in total. The normalized spacial score (nSPS) is 30.5. The number of halogens is 8. The third-order valence-corrected chi connectivity index (χ3v) is 13.7. The quantitative estimate of drug-likeness (QED) is 0.251. The largest absolute Gasteiger partial charge is 0.673 e. The van der Waals surface area contributed by atoms with E-state index in [4.69, 9.17) is 0 Å². The van der Waals surface area contributed by atoms with E-state index in [1.54, 1.807) is 38.0 Å². The Morgan fingerprint density at radius 1 is 0.538 bits per heavy atom. The van der Waals surface area contributed by atoms with Crippen LogP contribution in [0.1, 0.15) is 53.4 Å². The number of hydrogen-bond donors (Lipinski definition) is 0. The van der Waals surface area contributed by atoms with Crippen LogP contribution in [-0.4, -0.2) is 49.5 Å². The molecule has 0 bridgehead atoms. The second-order valence-corrected chi connectivity index (χ2v) is 14.6. The van der Waals surface area contributed by atoms with Crippen molar-refractivity contribution in [3.8, 4) is 0 Å². The molecule has 0 saturated carbocycles. The first kappa shape index (κ1) is 26.4. The minimum atomic E-state index is -6.00. The molecule has 2 aliphatic heterocycles. The van der Waals surface area contributed by atoms with E-state index < -0.39 is 14.5 Å². The zero-order valence-electron chi connectivity index (χ0n) is 15.7. The van der Waals surface area contributed by atoms with Crippen molar-refractivity contribution in [2.45, 2.75) is 76.0 Å². The lowest BCUT2D eigenvalue weighted by atomic mass is 10.2. The second kappa shape index (κ2) is 11.4. The zero-order chi connectivity index (χ0) is 20.7. The molecule has 26 heavy (non-hydrogen) atoms. The van der Waals surface area contributed by atoms with Crippen LogP contribution in [0.3, 0.4) is 0 Å². The molecule has 0 unspecified atom stereocenters. The van der Waals surface area contributed by atoms with Crippen molar-refractivity contribution in [2.24, 2.45) is 0 Å². The van der Waals surface area contributed by atoms with Gasteiger partial charge in [-0.3, -0.25) is 0 Å². The molecule has 0 nitrogen and oxygen atoms in total.